The molecular formula is C15H24N2O4S. The summed E-state index contributed by atoms with van der Waals surface area (Å²) >= 11 is 1.62. The van der Waals surface area contributed by atoms with Crippen LogP contribution in [0.5, 0.6) is 0 Å². The monoisotopic (exact) mass is 328 g/mol. The molecule has 0 spiro atoms. The summed E-state index contributed by atoms with van der Waals surface area (Å²) in [6, 6.07) is 0. The maximum atomic E-state index is 11.5. The third-order valence-electron chi connectivity index (χ3n) is 2.29. The van der Waals surface area contributed by atoms with Crippen LogP contribution in [0.25, 0.3) is 0 Å². The standard InChI is InChI=1S/C14H24N2O2S.CO2/c1-13(2,3)10-9-19-11(16-10)7-15-8-12(17)18-14(4,5)6;2-1-3/h9,15H,7-8H2,1-6H3;. The van der Waals surface area contributed by atoms with Gasteiger partial charge in [0, 0.05) is 17.3 Å². The molecule has 0 bridgehead atoms. The molecule has 0 radical (unpaired) electrons. The molecule has 22 heavy (non-hydrogen) atoms. The lowest BCUT2D eigenvalue weighted by atomic mass is 9.93. The van der Waals surface area contributed by atoms with E-state index in [2.05, 4.69) is 36.5 Å². The van der Waals surface area contributed by atoms with Gasteiger partial charge in [0.1, 0.15) is 10.6 Å². The van der Waals surface area contributed by atoms with Gasteiger partial charge in [-0.25, -0.2) is 4.98 Å². The van der Waals surface area contributed by atoms with Gasteiger partial charge < -0.3 is 10.1 Å². The fourth-order valence-corrected chi connectivity index (χ4v) is 2.38. The fraction of sp³-hybridized carbons (Fsp3) is 0.667. The zero-order valence-corrected chi connectivity index (χ0v) is 14.8. The van der Waals surface area contributed by atoms with Crippen LogP contribution in [-0.4, -0.2) is 29.3 Å². The van der Waals surface area contributed by atoms with Crippen molar-refractivity contribution in [2.75, 3.05) is 6.54 Å². The van der Waals surface area contributed by atoms with Crippen molar-refractivity contribution in [3.63, 3.8) is 0 Å². The maximum Gasteiger partial charge on any atom is 0.373 e. The zero-order valence-electron chi connectivity index (χ0n) is 14.0. The minimum atomic E-state index is -0.431. The molecule has 0 aromatic carbocycles. The van der Waals surface area contributed by atoms with Crippen LogP contribution in [-0.2, 0) is 31.1 Å². The first-order valence-electron chi connectivity index (χ1n) is 6.86. The quantitative estimate of drug-likeness (QED) is 0.854. The molecule has 0 aliphatic heterocycles. The van der Waals surface area contributed by atoms with E-state index in [1.807, 2.05) is 20.8 Å². The number of carbonyl (C=O) groups excluding carboxylic acids is 3. The van der Waals surface area contributed by atoms with Crippen molar-refractivity contribution in [3.05, 3.63) is 16.1 Å². The van der Waals surface area contributed by atoms with E-state index in [4.69, 9.17) is 14.3 Å². The van der Waals surface area contributed by atoms with Crippen LogP contribution < -0.4 is 5.32 Å². The normalized spacial score (nSPS) is 11.2. The van der Waals surface area contributed by atoms with Crippen LogP contribution in [0.2, 0.25) is 0 Å². The Balaban J connectivity index is 0.00000135. The molecule has 6 nitrogen and oxygen atoms in total. The van der Waals surface area contributed by atoms with Crippen LogP contribution >= 0.6 is 11.3 Å². The Bertz CT molecular complexity index is 506. The number of aromatic nitrogens is 1. The molecule has 0 aliphatic carbocycles. The van der Waals surface area contributed by atoms with Crippen LogP contribution in [0.4, 0.5) is 0 Å². The molecule has 124 valence electrons. The van der Waals surface area contributed by atoms with Crippen LogP contribution in [0, 0.1) is 0 Å². The van der Waals surface area contributed by atoms with Gasteiger partial charge in [-0.15, -0.1) is 11.3 Å². The SMILES string of the molecule is CC(C)(C)OC(=O)CNCc1nc(C(C)(C)C)cs1.O=C=O. The Morgan fingerprint density at radius 1 is 1.27 bits per heavy atom. The summed E-state index contributed by atoms with van der Waals surface area (Å²) in [5.41, 5.74) is 0.728. The Hall–Kier alpha value is -1.56. The molecule has 0 atom stereocenters. The van der Waals surface area contributed by atoms with Gasteiger partial charge in [-0.05, 0) is 20.8 Å². The number of ether oxygens (including phenoxy) is 1. The minimum Gasteiger partial charge on any atom is -0.459 e. The predicted octanol–water partition coefficient (Wildman–Crippen LogP) is 2.29. The lowest BCUT2D eigenvalue weighted by Gasteiger charge is -2.19. The average molecular weight is 328 g/mol. The smallest absolute Gasteiger partial charge is 0.373 e. The topological polar surface area (TPSA) is 85.4 Å². The van der Waals surface area contributed by atoms with E-state index in [1.54, 1.807) is 11.3 Å². The van der Waals surface area contributed by atoms with Gasteiger partial charge in [0.05, 0.1) is 12.2 Å². The molecule has 0 aliphatic rings. The van der Waals surface area contributed by atoms with Crippen LogP contribution in [0.1, 0.15) is 52.2 Å². The number of carbonyl (C=O) groups is 1. The van der Waals surface area contributed by atoms with Crippen molar-refractivity contribution in [3.8, 4) is 0 Å². The largest absolute Gasteiger partial charge is 0.459 e. The van der Waals surface area contributed by atoms with Crippen LogP contribution in [0.3, 0.4) is 0 Å². The molecule has 0 saturated carbocycles. The highest BCUT2D eigenvalue weighted by atomic mass is 32.1. The van der Waals surface area contributed by atoms with E-state index in [0.29, 0.717) is 6.54 Å². The molecule has 0 fully saturated rings. The predicted molar refractivity (Wildman–Crippen MR) is 83.4 cm³/mol. The first kappa shape index (κ1) is 20.4. The molecule has 0 saturated heterocycles. The lowest BCUT2D eigenvalue weighted by Crippen LogP contribution is -2.31. The summed E-state index contributed by atoms with van der Waals surface area (Å²) < 4.78 is 5.22. The minimum absolute atomic E-state index is 0.0694. The second-order valence-corrected chi connectivity index (χ2v) is 7.59. The van der Waals surface area contributed by atoms with Gasteiger partial charge in [-0.2, -0.15) is 9.59 Å². The van der Waals surface area contributed by atoms with E-state index >= 15 is 0 Å². The number of esters is 1. The summed E-state index contributed by atoms with van der Waals surface area (Å²) in [7, 11) is 0. The number of hydrogen-bond donors (Lipinski definition) is 1. The van der Waals surface area contributed by atoms with E-state index < -0.39 is 5.60 Å². The molecule has 1 rings (SSSR count). The van der Waals surface area contributed by atoms with Gasteiger partial charge in [0.2, 0.25) is 0 Å². The van der Waals surface area contributed by atoms with Crippen LogP contribution in [0.15, 0.2) is 5.38 Å². The third-order valence-corrected chi connectivity index (χ3v) is 3.13. The second kappa shape index (κ2) is 8.78. The molecule has 1 aromatic rings. The number of rotatable bonds is 4. The summed E-state index contributed by atoms with van der Waals surface area (Å²) in [5, 5.41) is 6.13. The summed E-state index contributed by atoms with van der Waals surface area (Å²) in [4.78, 5) is 32.3. The highest BCUT2D eigenvalue weighted by Crippen LogP contribution is 2.23. The lowest BCUT2D eigenvalue weighted by molar-refractivity contribution is -0.191. The first-order chi connectivity index (χ1) is 9.99. The van der Waals surface area contributed by atoms with E-state index in [0.717, 1.165) is 10.7 Å². The number of thiazole rings is 1. The summed E-state index contributed by atoms with van der Waals surface area (Å²) in [5.74, 6) is -0.236. The number of nitrogens with zero attached hydrogens (tertiary/aromatic N) is 1. The van der Waals surface area contributed by atoms with E-state index in [1.165, 1.54) is 0 Å². The molecule has 1 N–H and O–H groups in total. The number of nitrogens with one attached hydrogen (secondary N) is 1. The summed E-state index contributed by atoms with van der Waals surface area (Å²) in [6.45, 7) is 12.8. The molecule has 1 aromatic heterocycles. The average Bonchev–Trinajstić information content (AvgIpc) is 2.75. The van der Waals surface area contributed by atoms with Crippen molar-refractivity contribution in [2.45, 2.75) is 59.1 Å². The molecule has 7 heteroatoms. The van der Waals surface area contributed by atoms with Crippen molar-refractivity contribution in [1.82, 2.24) is 10.3 Å². The van der Waals surface area contributed by atoms with Gasteiger partial charge >= 0.3 is 12.1 Å². The van der Waals surface area contributed by atoms with Gasteiger partial charge in [-0.3, -0.25) is 4.79 Å². The molecular weight excluding hydrogens is 304 g/mol. The van der Waals surface area contributed by atoms with Gasteiger partial charge in [0.25, 0.3) is 0 Å². The van der Waals surface area contributed by atoms with E-state index in [-0.39, 0.29) is 24.1 Å². The van der Waals surface area contributed by atoms with Crippen molar-refractivity contribution < 1.29 is 19.1 Å². The number of hydrogen-bond acceptors (Lipinski definition) is 7. The molecule has 0 unspecified atom stereocenters. The van der Waals surface area contributed by atoms with Crippen molar-refractivity contribution in [1.29, 1.82) is 0 Å². The third kappa shape index (κ3) is 9.39. The highest BCUT2D eigenvalue weighted by Gasteiger charge is 2.18. The Morgan fingerprint density at radius 3 is 2.23 bits per heavy atom. The molecule has 0 amide bonds. The van der Waals surface area contributed by atoms with Gasteiger partial charge in [0.15, 0.2) is 0 Å². The molecule has 1 heterocycles. The summed E-state index contributed by atoms with van der Waals surface area (Å²) in [6.07, 6.45) is 0.250. The zero-order chi connectivity index (χ0) is 17.4. The Kier molecular flexibility index (Phi) is 8.16. The van der Waals surface area contributed by atoms with Crippen molar-refractivity contribution >= 4 is 23.5 Å². The fourth-order valence-electron chi connectivity index (χ4n) is 1.39. The first-order valence-corrected chi connectivity index (χ1v) is 7.74. The highest BCUT2D eigenvalue weighted by molar-refractivity contribution is 7.09. The maximum absolute atomic E-state index is 11.5. The Morgan fingerprint density at radius 2 is 1.82 bits per heavy atom. The van der Waals surface area contributed by atoms with Gasteiger partial charge in [-0.1, -0.05) is 20.8 Å². The second-order valence-electron chi connectivity index (χ2n) is 6.65. The Labute approximate surface area is 135 Å². The van der Waals surface area contributed by atoms with Crippen molar-refractivity contribution in [2.24, 2.45) is 0 Å². The van der Waals surface area contributed by atoms with E-state index in [9.17, 15) is 4.79 Å².